The normalized spacial score (nSPS) is 21.3. The van der Waals surface area contributed by atoms with Crippen LogP contribution in [-0.2, 0) is 4.74 Å². The van der Waals surface area contributed by atoms with Gasteiger partial charge in [0, 0.05) is 49.6 Å². The summed E-state index contributed by atoms with van der Waals surface area (Å²) in [5.74, 6) is 0.227. The molecule has 7 nitrogen and oxygen atoms in total. The number of ether oxygens (including phenoxy) is 1. The molecule has 2 saturated carbocycles. The lowest BCUT2D eigenvalue weighted by Gasteiger charge is -2.30. The van der Waals surface area contributed by atoms with E-state index in [1.54, 1.807) is 25.4 Å². The van der Waals surface area contributed by atoms with Gasteiger partial charge in [-0.2, -0.15) is 5.26 Å². The second kappa shape index (κ2) is 10.6. The van der Waals surface area contributed by atoms with E-state index in [4.69, 9.17) is 16.3 Å². The number of anilines is 2. The van der Waals surface area contributed by atoms with Crippen LogP contribution in [0.2, 0.25) is 5.15 Å². The first-order valence-corrected chi connectivity index (χ1v) is 11.9. The van der Waals surface area contributed by atoms with E-state index < -0.39 is 5.82 Å². The second-order valence-corrected chi connectivity index (χ2v) is 9.36. The van der Waals surface area contributed by atoms with Crippen LogP contribution in [-0.4, -0.2) is 48.9 Å². The minimum absolute atomic E-state index is 0.302. The monoisotopic (exact) mass is 472 g/mol. The molecule has 3 N–H and O–H groups in total. The van der Waals surface area contributed by atoms with Crippen LogP contribution in [0.25, 0.3) is 11.1 Å². The Morgan fingerprint density at radius 3 is 2.64 bits per heavy atom. The van der Waals surface area contributed by atoms with Gasteiger partial charge in [-0.15, -0.1) is 0 Å². The smallest absolute Gasteiger partial charge is 0.152 e. The zero-order valence-corrected chi connectivity index (χ0v) is 19.6. The zero-order valence-electron chi connectivity index (χ0n) is 18.8. The molecule has 0 bridgehead atoms. The van der Waals surface area contributed by atoms with E-state index >= 15 is 0 Å². The Bertz CT molecular complexity index is 1000. The van der Waals surface area contributed by atoms with E-state index in [2.05, 4.69) is 32.0 Å². The molecule has 0 radical (unpaired) electrons. The SMILES string of the molecule is COCCN[C@H]1CC[C@H](Nc2cc(-c3cnc(Cl)c(NCC4(C#N)CC4)c3)c(F)cn2)CC1. The summed E-state index contributed by atoms with van der Waals surface area (Å²) >= 11 is 6.24. The van der Waals surface area contributed by atoms with E-state index in [-0.39, 0.29) is 5.41 Å². The number of methoxy groups -OCH3 is 1. The molecule has 2 aromatic heterocycles. The first kappa shape index (κ1) is 23.7. The van der Waals surface area contributed by atoms with Crippen LogP contribution in [0, 0.1) is 22.6 Å². The molecule has 0 amide bonds. The van der Waals surface area contributed by atoms with Crippen LogP contribution < -0.4 is 16.0 Å². The van der Waals surface area contributed by atoms with Gasteiger partial charge < -0.3 is 20.7 Å². The summed E-state index contributed by atoms with van der Waals surface area (Å²) in [7, 11) is 1.71. The molecular weight excluding hydrogens is 443 g/mol. The van der Waals surface area contributed by atoms with Crippen molar-refractivity contribution in [3.8, 4) is 17.2 Å². The number of rotatable bonds is 10. The van der Waals surface area contributed by atoms with E-state index in [1.807, 2.05) is 0 Å². The zero-order chi connectivity index (χ0) is 23.3. The molecule has 2 heterocycles. The third kappa shape index (κ3) is 6.11. The lowest BCUT2D eigenvalue weighted by atomic mass is 9.91. The van der Waals surface area contributed by atoms with Crippen molar-refractivity contribution in [3.63, 3.8) is 0 Å². The number of hydrogen-bond donors (Lipinski definition) is 3. The maximum absolute atomic E-state index is 14.7. The molecular formula is C24H30ClFN6O. The molecule has 0 aromatic carbocycles. The number of halogens is 2. The lowest BCUT2D eigenvalue weighted by Crippen LogP contribution is -2.38. The fourth-order valence-electron chi connectivity index (χ4n) is 4.22. The highest BCUT2D eigenvalue weighted by atomic mass is 35.5. The van der Waals surface area contributed by atoms with Gasteiger partial charge in [0.1, 0.15) is 11.6 Å². The van der Waals surface area contributed by atoms with Crippen molar-refractivity contribution in [1.82, 2.24) is 15.3 Å². The Morgan fingerprint density at radius 2 is 1.94 bits per heavy atom. The van der Waals surface area contributed by atoms with Crippen molar-refractivity contribution < 1.29 is 9.13 Å². The van der Waals surface area contributed by atoms with Crippen LogP contribution in [0.1, 0.15) is 38.5 Å². The number of hydrogen-bond acceptors (Lipinski definition) is 7. The second-order valence-electron chi connectivity index (χ2n) is 9.00. The third-order valence-corrected chi connectivity index (χ3v) is 6.83. The summed E-state index contributed by atoms with van der Waals surface area (Å²) in [6, 6.07) is 6.67. The van der Waals surface area contributed by atoms with Gasteiger partial charge in [0.05, 0.1) is 30.0 Å². The maximum atomic E-state index is 14.7. The lowest BCUT2D eigenvalue weighted by molar-refractivity contribution is 0.191. The van der Waals surface area contributed by atoms with Gasteiger partial charge in [0.25, 0.3) is 0 Å². The first-order valence-electron chi connectivity index (χ1n) is 11.5. The van der Waals surface area contributed by atoms with Crippen molar-refractivity contribution in [3.05, 3.63) is 35.5 Å². The molecule has 33 heavy (non-hydrogen) atoms. The minimum atomic E-state index is -0.419. The highest BCUT2D eigenvalue weighted by Gasteiger charge is 2.43. The van der Waals surface area contributed by atoms with Gasteiger partial charge in [-0.3, -0.25) is 0 Å². The van der Waals surface area contributed by atoms with Crippen LogP contribution in [0.5, 0.6) is 0 Å². The summed E-state index contributed by atoms with van der Waals surface area (Å²) in [4.78, 5) is 8.47. The predicted molar refractivity (Wildman–Crippen MR) is 128 cm³/mol. The van der Waals surface area contributed by atoms with Gasteiger partial charge >= 0.3 is 0 Å². The highest BCUT2D eigenvalue weighted by Crippen LogP contribution is 2.45. The predicted octanol–water partition coefficient (Wildman–Crippen LogP) is 4.61. The van der Waals surface area contributed by atoms with Crippen LogP contribution in [0.3, 0.4) is 0 Å². The Hall–Kier alpha value is -2.47. The molecule has 2 aromatic rings. The molecule has 2 fully saturated rings. The highest BCUT2D eigenvalue weighted by molar-refractivity contribution is 6.32. The van der Waals surface area contributed by atoms with Crippen LogP contribution in [0.4, 0.5) is 15.9 Å². The van der Waals surface area contributed by atoms with Gasteiger partial charge in [-0.1, -0.05) is 11.6 Å². The van der Waals surface area contributed by atoms with Crippen molar-refractivity contribution >= 4 is 23.1 Å². The van der Waals surface area contributed by atoms with E-state index in [0.29, 0.717) is 46.4 Å². The first-order chi connectivity index (χ1) is 16.0. The van der Waals surface area contributed by atoms with E-state index in [0.717, 1.165) is 51.7 Å². The summed E-state index contributed by atoms with van der Waals surface area (Å²) in [5.41, 5.74) is 1.30. The fourth-order valence-corrected chi connectivity index (χ4v) is 4.39. The van der Waals surface area contributed by atoms with Gasteiger partial charge in [-0.05, 0) is 50.7 Å². The molecule has 2 aliphatic rings. The number of nitrogens with zero attached hydrogens (tertiary/aromatic N) is 3. The van der Waals surface area contributed by atoms with Gasteiger partial charge in [0.2, 0.25) is 0 Å². The van der Waals surface area contributed by atoms with Crippen molar-refractivity contribution in [2.24, 2.45) is 5.41 Å². The molecule has 176 valence electrons. The van der Waals surface area contributed by atoms with E-state index in [9.17, 15) is 9.65 Å². The molecule has 9 heteroatoms. The Balaban J connectivity index is 1.40. The fraction of sp³-hybridized carbons (Fsp3) is 0.542. The van der Waals surface area contributed by atoms with Crippen molar-refractivity contribution in [2.45, 2.75) is 50.6 Å². The van der Waals surface area contributed by atoms with Crippen LogP contribution in [0.15, 0.2) is 24.5 Å². The molecule has 0 unspecified atom stereocenters. The summed E-state index contributed by atoms with van der Waals surface area (Å²) in [6.45, 7) is 2.09. The largest absolute Gasteiger partial charge is 0.383 e. The molecule has 0 saturated heterocycles. The summed E-state index contributed by atoms with van der Waals surface area (Å²) in [5, 5.41) is 19.8. The summed E-state index contributed by atoms with van der Waals surface area (Å²) in [6.07, 6.45) is 8.76. The summed E-state index contributed by atoms with van der Waals surface area (Å²) < 4.78 is 19.8. The topological polar surface area (TPSA) is 94.9 Å². The Labute approximate surface area is 199 Å². The third-order valence-electron chi connectivity index (χ3n) is 6.53. The average molecular weight is 473 g/mol. The van der Waals surface area contributed by atoms with Gasteiger partial charge in [0.15, 0.2) is 5.15 Å². The van der Waals surface area contributed by atoms with Crippen molar-refractivity contribution in [1.29, 1.82) is 5.26 Å². The molecule has 2 aliphatic carbocycles. The Kier molecular flexibility index (Phi) is 7.63. The molecule has 0 atom stereocenters. The van der Waals surface area contributed by atoms with Gasteiger partial charge in [-0.25, -0.2) is 14.4 Å². The van der Waals surface area contributed by atoms with Crippen LogP contribution >= 0.6 is 11.6 Å². The average Bonchev–Trinajstić information content (AvgIpc) is 3.62. The van der Waals surface area contributed by atoms with E-state index in [1.165, 1.54) is 6.20 Å². The maximum Gasteiger partial charge on any atom is 0.152 e. The number of pyridine rings is 2. The molecule has 4 rings (SSSR count). The molecule has 0 spiro atoms. The number of nitrogens with one attached hydrogen (secondary N) is 3. The van der Waals surface area contributed by atoms with Crippen molar-refractivity contribution in [2.75, 3.05) is 37.4 Å². The Morgan fingerprint density at radius 1 is 1.18 bits per heavy atom. The molecule has 0 aliphatic heterocycles. The number of aromatic nitrogens is 2. The standard InChI is InChI=1S/C24H30ClFN6O/c1-33-9-8-28-17-2-4-18(5-3-17)32-22-11-19(20(26)13-29-22)16-10-21(23(25)30-12-16)31-15-24(14-27)6-7-24/h10-13,17-18,28,31H,2-9,15H2,1H3,(H,29,32)/t17-,18-. The quantitative estimate of drug-likeness (QED) is 0.343. The minimum Gasteiger partial charge on any atom is -0.383 e. The number of nitriles is 1.